The van der Waals surface area contributed by atoms with Crippen LogP contribution < -0.4 is 4.72 Å². The molecule has 0 unspecified atom stereocenters. The number of anilines is 1. The van der Waals surface area contributed by atoms with Crippen molar-refractivity contribution in [1.82, 2.24) is 4.98 Å². The second-order valence-corrected chi connectivity index (χ2v) is 11.2. The van der Waals surface area contributed by atoms with Crippen molar-refractivity contribution in [1.29, 1.82) is 0 Å². The van der Waals surface area contributed by atoms with Crippen molar-refractivity contribution >= 4 is 65.6 Å². The summed E-state index contributed by atoms with van der Waals surface area (Å²) in [5.74, 6) is -1.80. The summed E-state index contributed by atoms with van der Waals surface area (Å²) >= 11 is 7.23. The van der Waals surface area contributed by atoms with Gasteiger partial charge in [-0.2, -0.15) is 0 Å². The number of hydrogen-bond acceptors (Lipinski definition) is 5. The summed E-state index contributed by atoms with van der Waals surface area (Å²) in [5.41, 5.74) is 1.51. The zero-order valence-electron chi connectivity index (χ0n) is 18.0. The molecule has 0 saturated heterocycles. The molecule has 2 aromatic heterocycles. The number of nitrogens with zero attached hydrogens (tertiary/aromatic N) is 1. The van der Waals surface area contributed by atoms with Crippen LogP contribution in [0.5, 0.6) is 0 Å². The van der Waals surface area contributed by atoms with Gasteiger partial charge in [0.05, 0.1) is 16.8 Å². The number of carboxylic acid groups (broad SMARTS) is 1. The smallest absolute Gasteiger partial charge is 0.335 e. The van der Waals surface area contributed by atoms with Crippen molar-refractivity contribution in [3.8, 4) is 11.1 Å². The quantitative estimate of drug-likeness (QED) is 0.265. The second-order valence-electron chi connectivity index (χ2n) is 7.82. The molecule has 0 atom stereocenters. The fraction of sp³-hybridized carbons (Fsp3) is 0.0400. The Balaban J connectivity index is 1.63. The molecular weight excluding hydrogens is 511 g/mol. The molecule has 0 aliphatic heterocycles. The van der Waals surface area contributed by atoms with E-state index in [-0.39, 0.29) is 21.0 Å². The van der Waals surface area contributed by atoms with Gasteiger partial charge in [0, 0.05) is 32.4 Å². The maximum absolute atomic E-state index is 14.7. The third kappa shape index (κ3) is 4.12. The number of benzene rings is 3. The van der Waals surface area contributed by atoms with Gasteiger partial charge in [0.2, 0.25) is 0 Å². The molecule has 0 fully saturated rings. The lowest BCUT2D eigenvalue weighted by Gasteiger charge is -2.13. The van der Waals surface area contributed by atoms with Crippen molar-refractivity contribution in [3.63, 3.8) is 0 Å². The number of nitrogens with one attached hydrogen (secondary N) is 1. The lowest BCUT2D eigenvalue weighted by molar-refractivity contribution is 0.0697. The van der Waals surface area contributed by atoms with E-state index in [2.05, 4.69) is 9.71 Å². The van der Waals surface area contributed by atoms with Gasteiger partial charge in [0.25, 0.3) is 10.0 Å². The number of sulfonamides is 1. The summed E-state index contributed by atoms with van der Waals surface area (Å²) in [4.78, 5) is 15.7. The third-order valence-corrected chi connectivity index (χ3v) is 9.11. The van der Waals surface area contributed by atoms with Gasteiger partial charge in [0.1, 0.15) is 10.0 Å². The number of rotatable bonds is 5. The SMILES string of the molecule is Cc1c(S(=O)(=O)Nc2ccc(-c3cc(C(=O)O)ccc3F)c3ncccc23)sc2ccc(Cl)cc12. The van der Waals surface area contributed by atoms with E-state index in [9.17, 15) is 22.7 Å². The molecule has 0 bridgehead atoms. The summed E-state index contributed by atoms with van der Waals surface area (Å²) in [6.07, 6.45) is 1.50. The van der Waals surface area contributed by atoms with E-state index in [0.29, 0.717) is 27.1 Å². The zero-order chi connectivity index (χ0) is 24.9. The summed E-state index contributed by atoms with van der Waals surface area (Å²) in [5, 5.41) is 11.0. The molecule has 176 valence electrons. The summed E-state index contributed by atoms with van der Waals surface area (Å²) in [7, 11) is -3.97. The van der Waals surface area contributed by atoms with Gasteiger partial charge in [-0.1, -0.05) is 11.6 Å². The van der Waals surface area contributed by atoms with Crippen molar-refractivity contribution in [2.75, 3.05) is 4.72 Å². The zero-order valence-corrected chi connectivity index (χ0v) is 20.4. The van der Waals surface area contributed by atoms with Crippen LogP contribution >= 0.6 is 22.9 Å². The van der Waals surface area contributed by atoms with E-state index < -0.39 is 21.8 Å². The van der Waals surface area contributed by atoms with E-state index in [1.807, 2.05) is 0 Å². The number of fused-ring (bicyclic) bond motifs is 2. The maximum atomic E-state index is 14.7. The van der Waals surface area contributed by atoms with Gasteiger partial charge in [-0.15, -0.1) is 11.3 Å². The van der Waals surface area contributed by atoms with Crippen molar-refractivity contribution < 1.29 is 22.7 Å². The van der Waals surface area contributed by atoms with E-state index in [1.54, 1.807) is 37.3 Å². The first-order valence-electron chi connectivity index (χ1n) is 10.3. The molecule has 0 saturated carbocycles. The summed E-state index contributed by atoms with van der Waals surface area (Å²) in [6, 6.07) is 15.1. The van der Waals surface area contributed by atoms with Crippen molar-refractivity contribution in [2.24, 2.45) is 0 Å². The molecule has 0 spiro atoms. The highest BCUT2D eigenvalue weighted by Crippen LogP contribution is 2.38. The summed E-state index contributed by atoms with van der Waals surface area (Å²) < 4.78 is 45.0. The molecule has 0 radical (unpaired) electrons. The van der Waals surface area contributed by atoms with Crippen LogP contribution in [0.2, 0.25) is 5.02 Å². The van der Waals surface area contributed by atoms with Crippen LogP contribution in [0.25, 0.3) is 32.1 Å². The Morgan fingerprint density at radius 3 is 2.63 bits per heavy atom. The van der Waals surface area contributed by atoms with Crippen LogP contribution in [-0.2, 0) is 10.0 Å². The van der Waals surface area contributed by atoms with E-state index in [4.69, 9.17) is 11.6 Å². The van der Waals surface area contributed by atoms with Crippen LogP contribution in [0.15, 0.2) is 71.1 Å². The molecule has 2 N–H and O–H groups in total. The first-order chi connectivity index (χ1) is 16.7. The Bertz CT molecular complexity index is 1770. The van der Waals surface area contributed by atoms with Gasteiger partial charge in [-0.25, -0.2) is 17.6 Å². The Morgan fingerprint density at radius 2 is 1.86 bits per heavy atom. The molecular formula is C25H16ClFN2O4S2. The Morgan fingerprint density at radius 1 is 1.06 bits per heavy atom. The molecule has 5 aromatic rings. The number of aromatic nitrogens is 1. The fourth-order valence-corrected chi connectivity index (χ4v) is 6.96. The Hall–Kier alpha value is -3.53. The highest BCUT2D eigenvalue weighted by atomic mass is 35.5. The van der Waals surface area contributed by atoms with Crippen LogP contribution in [0.1, 0.15) is 15.9 Å². The number of halogens is 2. The van der Waals surface area contributed by atoms with E-state index in [0.717, 1.165) is 27.5 Å². The van der Waals surface area contributed by atoms with Crippen LogP contribution in [0.3, 0.4) is 0 Å². The number of aryl methyl sites for hydroxylation is 1. The number of thiophene rings is 1. The third-order valence-electron chi connectivity index (χ3n) is 5.62. The van der Waals surface area contributed by atoms with Crippen LogP contribution in [0.4, 0.5) is 10.1 Å². The second kappa shape index (κ2) is 8.60. The van der Waals surface area contributed by atoms with E-state index >= 15 is 0 Å². The molecule has 5 rings (SSSR count). The average Bonchev–Trinajstić information content (AvgIpc) is 3.16. The number of hydrogen-bond donors (Lipinski definition) is 2. The monoisotopic (exact) mass is 526 g/mol. The van der Waals surface area contributed by atoms with Gasteiger partial charge in [-0.05, 0) is 78.5 Å². The molecule has 0 aliphatic carbocycles. The standard InChI is InChI=1S/C25H16ClFN2O4S2/c1-13-18-12-15(26)5-9-22(18)34-25(13)35(32,33)29-21-8-6-16(23-17(21)3-2-10-28-23)19-11-14(24(30)31)4-7-20(19)27/h2-12,29H,1H3,(H,30,31). The van der Waals surface area contributed by atoms with Gasteiger partial charge < -0.3 is 5.11 Å². The van der Waals surface area contributed by atoms with Crippen molar-refractivity contribution in [2.45, 2.75) is 11.1 Å². The number of pyridine rings is 1. The van der Waals surface area contributed by atoms with Gasteiger partial charge >= 0.3 is 5.97 Å². The minimum Gasteiger partial charge on any atom is -0.478 e. The Labute approximate surface area is 208 Å². The highest BCUT2D eigenvalue weighted by Gasteiger charge is 2.24. The fourth-order valence-electron chi connectivity index (χ4n) is 3.96. The van der Waals surface area contributed by atoms with Gasteiger partial charge in [0.15, 0.2) is 0 Å². The topological polar surface area (TPSA) is 96.4 Å². The molecule has 0 amide bonds. The number of carboxylic acids is 1. The summed E-state index contributed by atoms with van der Waals surface area (Å²) in [6.45, 7) is 1.73. The normalized spacial score (nSPS) is 11.7. The first kappa shape index (κ1) is 23.2. The molecule has 10 heteroatoms. The Kier molecular flexibility index (Phi) is 5.71. The average molecular weight is 527 g/mol. The maximum Gasteiger partial charge on any atom is 0.335 e. The number of carbonyl (C=O) groups is 1. The predicted molar refractivity (Wildman–Crippen MR) is 136 cm³/mol. The minimum absolute atomic E-state index is 0.0558. The van der Waals surface area contributed by atoms with E-state index in [1.165, 1.54) is 30.5 Å². The lowest BCUT2D eigenvalue weighted by Crippen LogP contribution is -2.13. The van der Waals surface area contributed by atoms with Gasteiger partial charge in [-0.3, -0.25) is 9.71 Å². The highest BCUT2D eigenvalue weighted by molar-refractivity contribution is 7.95. The predicted octanol–water partition coefficient (Wildman–Crippen LogP) is 6.72. The first-order valence-corrected chi connectivity index (χ1v) is 13.0. The molecule has 0 aliphatic rings. The molecule has 35 heavy (non-hydrogen) atoms. The molecule has 3 aromatic carbocycles. The van der Waals surface area contributed by atoms with Crippen molar-refractivity contribution in [3.05, 3.63) is 88.8 Å². The lowest BCUT2D eigenvalue weighted by atomic mass is 9.98. The van der Waals surface area contributed by atoms with Crippen LogP contribution in [0, 0.1) is 12.7 Å². The van der Waals surface area contributed by atoms with Crippen LogP contribution in [-0.4, -0.2) is 24.5 Å². The largest absolute Gasteiger partial charge is 0.478 e. The molecule has 2 heterocycles. The molecule has 6 nitrogen and oxygen atoms in total. The number of aromatic carboxylic acids is 1. The minimum atomic E-state index is -3.97.